The summed E-state index contributed by atoms with van der Waals surface area (Å²) >= 11 is 0. The molecule has 4 rings (SSSR count). The highest BCUT2D eigenvalue weighted by Crippen LogP contribution is 2.36. The third kappa shape index (κ3) is 3.41. The molecule has 1 saturated heterocycles. The van der Waals surface area contributed by atoms with E-state index in [1.54, 1.807) is 0 Å². The van der Waals surface area contributed by atoms with Gasteiger partial charge in [-0.2, -0.15) is 5.26 Å². The highest BCUT2D eigenvalue weighted by molar-refractivity contribution is 7.93. The summed E-state index contributed by atoms with van der Waals surface area (Å²) in [5.41, 5.74) is 3.99. The van der Waals surface area contributed by atoms with Crippen LogP contribution < -0.4 is 9.04 Å². The Morgan fingerprint density at radius 1 is 1.13 bits per heavy atom. The van der Waals surface area contributed by atoms with Crippen LogP contribution in [0.2, 0.25) is 0 Å². The first-order valence-corrected chi connectivity index (χ1v) is 11.9. The molecule has 0 unspecified atom stereocenters. The van der Waals surface area contributed by atoms with Crippen LogP contribution in [-0.4, -0.2) is 31.9 Å². The van der Waals surface area contributed by atoms with Crippen molar-refractivity contribution in [2.75, 3.05) is 23.2 Å². The molecule has 1 aliphatic heterocycles. The number of benzene rings is 2. The number of hydrogen-bond donors (Lipinski definition) is 0. The standard InChI is InChI=1S/C23H25N3O3S/c1-3-13-29-19-10-11-20-21(16-24)23(25(4-2)22(20)15-19)17-6-8-18(9-7-17)26-12-5-14-30(26,27)28/h6-11,15H,3-5,12-14H2,1-2H3. The van der Waals surface area contributed by atoms with Crippen LogP contribution in [0, 0.1) is 11.3 Å². The lowest BCUT2D eigenvalue weighted by molar-refractivity contribution is 0.318. The zero-order chi connectivity index (χ0) is 21.3. The maximum absolute atomic E-state index is 12.2. The summed E-state index contributed by atoms with van der Waals surface area (Å²) in [5.74, 6) is 0.988. The SMILES string of the molecule is CCCOc1ccc2c(C#N)c(-c3ccc(N4CCCS4(=O)=O)cc3)n(CC)c2c1. The van der Waals surface area contributed by atoms with Crippen LogP contribution in [-0.2, 0) is 16.6 Å². The van der Waals surface area contributed by atoms with Gasteiger partial charge in [0.1, 0.15) is 11.8 Å². The van der Waals surface area contributed by atoms with Gasteiger partial charge in [0.05, 0.1) is 34.8 Å². The van der Waals surface area contributed by atoms with E-state index in [4.69, 9.17) is 4.74 Å². The molecule has 1 fully saturated rings. The van der Waals surface area contributed by atoms with Crippen LogP contribution >= 0.6 is 0 Å². The highest BCUT2D eigenvalue weighted by Gasteiger charge is 2.28. The molecule has 0 atom stereocenters. The summed E-state index contributed by atoms with van der Waals surface area (Å²) in [4.78, 5) is 0. The fraction of sp³-hybridized carbons (Fsp3) is 0.348. The molecule has 0 saturated carbocycles. The van der Waals surface area contributed by atoms with Crippen molar-refractivity contribution in [1.82, 2.24) is 4.57 Å². The molecule has 0 bridgehead atoms. The van der Waals surface area contributed by atoms with E-state index in [1.807, 2.05) is 42.5 Å². The Labute approximate surface area is 177 Å². The van der Waals surface area contributed by atoms with Crippen LogP contribution in [0.25, 0.3) is 22.2 Å². The Morgan fingerprint density at radius 2 is 1.90 bits per heavy atom. The van der Waals surface area contributed by atoms with Crippen molar-refractivity contribution in [3.8, 4) is 23.1 Å². The monoisotopic (exact) mass is 423 g/mol. The Kier molecular flexibility index (Phi) is 5.44. The van der Waals surface area contributed by atoms with Gasteiger partial charge in [0, 0.05) is 24.5 Å². The summed E-state index contributed by atoms with van der Waals surface area (Å²) in [5, 5.41) is 10.8. The number of nitrogens with zero attached hydrogens (tertiary/aromatic N) is 3. The molecule has 7 heteroatoms. The molecule has 2 heterocycles. The zero-order valence-electron chi connectivity index (χ0n) is 17.3. The normalized spacial score (nSPS) is 15.4. The van der Waals surface area contributed by atoms with Gasteiger partial charge in [0.15, 0.2) is 0 Å². The molecule has 1 aliphatic rings. The number of hydrogen-bond acceptors (Lipinski definition) is 4. The molecule has 2 aromatic carbocycles. The molecule has 0 spiro atoms. The van der Waals surface area contributed by atoms with Crippen molar-refractivity contribution in [3.63, 3.8) is 0 Å². The molecule has 0 N–H and O–H groups in total. The second kappa shape index (κ2) is 8.04. The van der Waals surface area contributed by atoms with E-state index in [0.29, 0.717) is 37.4 Å². The van der Waals surface area contributed by atoms with Crippen LogP contribution in [0.1, 0.15) is 32.3 Å². The number of ether oxygens (including phenoxy) is 1. The van der Waals surface area contributed by atoms with Crippen molar-refractivity contribution in [2.24, 2.45) is 0 Å². The first-order chi connectivity index (χ1) is 14.5. The maximum atomic E-state index is 12.2. The van der Waals surface area contributed by atoms with Gasteiger partial charge in [-0.15, -0.1) is 0 Å². The smallest absolute Gasteiger partial charge is 0.235 e. The molecule has 3 aromatic rings. The predicted molar refractivity (Wildman–Crippen MR) is 119 cm³/mol. The third-order valence-corrected chi connectivity index (χ3v) is 7.33. The van der Waals surface area contributed by atoms with Gasteiger partial charge < -0.3 is 9.30 Å². The minimum Gasteiger partial charge on any atom is -0.494 e. The number of aromatic nitrogens is 1. The first-order valence-electron chi connectivity index (χ1n) is 10.3. The van der Waals surface area contributed by atoms with Crippen LogP contribution in [0.3, 0.4) is 0 Å². The molecule has 30 heavy (non-hydrogen) atoms. The van der Waals surface area contributed by atoms with Crippen molar-refractivity contribution in [1.29, 1.82) is 5.26 Å². The van der Waals surface area contributed by atoms with E-state index in [2.05, 4.69) is 24.5 Å². The van der Waals surface area contributed by atoms with Crippen molar-refractivity contribution in [3.05, 3.63) is 48.0 Å². The van der Waals surface area contributed by atoms with Gasteiger partial charge in [-0.1, -0.05) is 19.1 Å². The Bertz CT molecular complexity index is 1220. The minimum atomic E-state index is -3.21. The average molecular weight is 424 g/mol. The molecular formula is C23H25N3O3S. The predicted octanol–water partition coefficient (Wildman–Crippen LogP) is 4.53. The third-order valence-electron chi connectivity index (χ3n) is 5.46. The Balaban J connectivity index is 1.81. The number of rotatable bonds is 6. The zero-order valence-corrected chi connectivity index (χ0v) is 18.1. The molecule has 6 nitrogen and oxygen atoms in total. The molecule has 1 aromatic heterocycles. The van der Waals surface area contributed by atoms with Gasteiger partial charge in [0.2, 0.25) is 10.0 Å². The number of nitriles is 1. The summed E-state index contributed by atoms with van der Waals surface area (Å²) in [6.07, 6.45) is 1.58. The minimum absolute atomic E-state index is 0.194. The lowest BCUT2D eigenvalue weighted by Crippen LogP contribution is -2.24. The topological polar surface area (TPSA) is 75.3 Å². The van der Waals surface area contributed by atoms with Gasteiger partial charge in [-0.3, -0.25) is 4.31 Å². The number of aryl methyl sites for hydroxylation is 1. The second-order valence-corrected chi connectivity index (χ2v) is 9.41. The summed E-state index contributed by atoms with van der Waals surface area (Å²) in [6, 6.07) is 15.7. The van der Waals surface area contributed by atoms with E-state index in [0.717, 1.165) is 34.3 Å². The van der Waals surface area contributed by atoms with Gasteiger partial charge in [-0.25, -0.2) is 8.42 Å². The Morgan fingerprint density at radius 3 is 2.50 bits per heavy atom. The van der Waals surface area contributed by atoms with E-state index >= 15 is 0 Å². The summed E-state index contributed by atoms with van der Waals surface area (Å²) < 4.78 is 33.8. The molecule has 0 aliphatic carbocycles. The Hall–Kier alpha value is -2.98. The quantitative estimate of drug-likeness (QED) is 0.584. The molecule has 0 radical (unpaired) electrons. The van der Waals surface area contributed by atoms with Crippen molar-refractivity contribution >= 4 is 26.6 Å². The van der Waals surface area contributed by atoms with E-state index in [1.165, 1.54) is 4.31 Å². The van der Waals surface area contributed by atoms with Crippen molar-refractivity contribution < 1.29 is 13.2 Å². The molecule has 0 amide bonds. The van der Waals surface area contributed by atoms with Gasteiger partial charge in [-0.05, 0) is 49.6 Å². The summed E-state index contributed by atoms with van der Waals surface area (Å²) in [7, 11) is -3.21. The maximum Gasteiger partial charge on any atom is 0.235 e. The highest BCUT2D eigenvalue weighted by atomic mass is 32.2. The van der Waals surface area contributed by atoms with Crippen LogP contribution in [0.5, 0.6) is 5.75 Å². The fourth-order valence-electron chi connectivity index (χ4n) is 4.10. The summed E-state index contributed by atoms with van der Waals surface area (Å²) in [6.45, 7) is 5.98. The van der Waals surface area contributed by atoms with E-state index in [9.17, 15) is 13.7 Å². The lowest BCUT2D eigenvalue weighted by atomic mass is 10.1. The lowest BCUT2D eigenvalue weighted by Gasteiger charge is -2.17. The average Bonchev–Trinajstić information content (AvgIpc) is 3.27. The number of anilines is 1. The molecule has 156 valence electrons. The first kappa shape index (κ1) is 20.3. The van der Waals surface area contributed by atoms with Gasteiger partial charge in [0.25, 0.3) is 0 Å². The number of fused-ring (bicyclic) bond motifs is 1. The van der Waals surface area contributed by atoms with Crippen molar-refractivity contribution in [2.45, 2.75) is 33.2 Å². The van der Waals surface area contributed by atoms with Crippen LogP contribution in [0.15, 0.2) is 42.5 Å². The molecular weight excluding hydrogens is 398 g/mol. The van der Waals surface area contributed by atoms with Gasteiger partial charge >= 0.3 is 0 Å². The van der Waals surface area contributed by atoms with E-state index in [-0.39, 0.29) is 5.75 Å². The van der Waals surface area contributed by atoms with E-state index < -0.39 is 10.0 Å². The second-order valence-electron chi connectivity index (χ2n) is 7.40. The largest absolute Gasteiger partial charge is 0.494 e. The van der Waals surface area contributed by atoms with Crippen LogP contribution in [0.4, 0.5) is 5.69 Å². The number of sulfonamides is 1. The fourth-order valence-corrected chi connectivity index (χ4v) is 5.66.